The number of rotatable bonds is 7. The maximum atomic E-state index is 11.8. The molecule has 0 fully saturated rings. The number of nitrogens with zero attached hydrogens (tertiary/aromatic N) is 1. The molecule has 6 nitrogen and oxygen atoms in total. The number of nitrogens with one attached hydrogen (secondary N) is 2. The molecule has 0 saturated heterocycles. The third-order valence-corrected chi connectivity index (χ3v) is 3.78. The maximum absolute atomic E-state index is 11.8. The number of urea groups is 1. The van der Waals surface area contributed by atoms with Crippen molar-refractivity contribution in [2.75, 3.05) is 5.32 Å². The molecule has 0 saturated carbocycles. The molecule has 0 spiro atoms. The lowest BCUT2D eigenvalue weighted by atomic mass is 10.1. The molecule has 0 aliphatic carbocycles. The average Bonchev–Trinajstić information content (AvgIpc) is 2.68. The van der Waals surface area contributed by atoms with Gasteiger partial charge >= 0.3 is 12.0 Å². The zero-order valence-corrected chi connectivity index (χ0v) is 12.8. The van der Waals surface area contributed by atoms with Crippen LogP contribution in [0.25, 0.3) is 0 Å². The van der Waals surface area contributed by atoms with Crippen LogP contribution in [-0.2, 0) is 11.2 Å². The molecule has 0 aromatic carbocycles. The highest BCUT2D eigenvalue weighted by atomic mass is 32.1. The summed E-state index contributed by atoms with van der Waals surface area (Å²) in [7, 11) is 0. The Balaban J connectivity index is 2.36. The number of hydrogen-bond donors (Lipinski definition) is 3. The van der Waals surface area contributed by atoms with Crippen LogP contribution in [0.3, 0.4) is 0 Å². The van der Waals surface area contributed by atoms with E-state index in [2.05, 4.69) is 15.6 Å². The first-order valence-corrected chi connectivity index (χ1v) is 7.49. The highest BCUT2D eigenvalue weighted by Crippen LogP contribution is 2.22. The Labute approximate surface area is 122 Å². The lowest BCUT2D eigenvalue weighted by Gasteiger charge is -2.13. The van der Waals surface area contributed by atoms with Crippen molar-refractivity contribution in [1.82, 2.24) is 10.3 Å². The van der Waals surface area contributed by atoms with Gasteiger partial charge in [-0.05, 0) is 33.1 Å². The molecule has 0 radical (unpaired) electrons. The molecule has 112 valence electrons. The molecule has 1 heterocycles. The second-order valence-corrected chi connectivity index (χ2v) is 5.86. The summed E-state index contributed by atoms with van der Waals surface area (Å²) >= 11 is 1.46. The van der Waals surface area contributed by atoms with E-state index in [0.717, 1.165) is 17.0 Å². The van der Waals surface area contributed by atoms with Crippen molar-refractivity contribution in [1.29, 1.82) is 0 Å². The van der Waals surface area contributed by atoms with Crippen LogP contribution in [0, 0.1) is 6.92 Å². The van der Waals surface area contributed by atoms with Crippen LogP contribution in [0.4, 0.5) is 9.93 Å². The number of carboxylic acids is 1. The zero-order chi connectivity index (χ0) is 15.1. The Hall–Kier alpha value is -1.63. The SMILES string of the molecule is CCc1nc(NC(=O)NC(C)CCCC(=O)O)sc1C. The first-order chi connectivity index (χ1) is 9.42. The first kappa shape index (κ1) is 16.4. The molecule has 1 aromatic heterocycles. The Morgan fingerprint density at radius 2 is 2.15 bits per heavy atom. The van der Waals surface area contributed by atoms with E-state index in [1.165, 1.54) is 11.3 Å². The van der Waals surface area contributed by atoms with Crippen molar-refractivity contribution in [3.8, 4) is 0 Å². The number of carbonyl (C=O) groups is 2. The molecular formula is C13H21N3O3S. The van der Waals surface area contributed by atoms with Gasteiger partial charge in [0.15, 0.2) is 5.13 Å². The van der Waals surface area contributed by atoms with Gasteiger partial charge in [-0.1, -0.05) is 6.92 Å². The number of carbonyl (C=O) groups excluding carboxylic acids is 1. The monoisotopic (exact) mass is 299 g/mol. The summed E-state index contributed by atoms with van der Waals surface area (Å²) in [4.78, 5) is 27.6. The van der Waals surface area contributed by atoms with Crippen LogP contribution in [0.2, 0.25) is 0 Å². The third-order valence-electron chi connectivity index (χ3n) is 2.85. The van der Waals surface area contributed by atoms with Gasteiger partial charge < -0.3 is 10.4 Å². The summed E-state index contributed by atoms with van der Waals surface area (Å²) in [5, 5.41) is 14.6. The zero-order valence-electron chi connectivity index (χ0n) is 12.0. The van der Waals surface area contributed by atoms with Gasteiger partial charge in [0.25, 0.3) is 0 Å². The number of amides is 2. The molecule has 0 aliphatic rings. The van der Waals surface area contributed by atoms with Crippen LogP contribution in [0.15, 0.2) is 0 Å². The molecule has 2 amide bonds. The highest BCUT2D eigenvalue weighted by Gasteiger charge is 2.11. The summed E-state index contributed by atoms with van der Waals surface area (Å²) in [5.41, 5.74) is 1.000. The smallest absolute Gasteiger partial charge is 0.321 e. The van der Waals surface area contributed by atoms with Gasteiger partial charge in [-0.15, -0.1) is 11.3 Å². The van der Waals surface area contributed by atoms with Gasteiger partial charge in [0.1, 0.15) is 0 Å². The standard InChI is InChI=1S/C13H21N3O3S/c1-4-10-9(3)20-13(15-10)16-12(19)14-8(2)6-5-7-11(17)18/h8H,4-7H2,1-3H3,(H,17,18)(H2,14,15,16,19). The van der Waals surface area contributed by atoms with E-state index in [-0.39, 0.29) is 18.5 Å². The average molecular weight is 299 g/mol. The Bertz CT molecular complexity index is 473. The highest BCUT2D eigenvalue weighted by molar-refractivity contribution is 7.15. The first-order valence-electron chi connectivity index (χ1n) is 6.68. The fourth-order valence-corrected chi connectivity index (χ4v) is 2.70. The number of aromatic nitrogens is 1. The van der Waals surface area contributed by atoms with Crippen molar-refractivity contribution in [2.45, 2.75) is 52.5 Å². The summed E-state index contributed by atoms with van der Waals surface area (Å²) < 4.78 is 0. The predicted molar refractivity (Wildman–Crippen MR) is 79.3 cm³/mol. The third kappa shape index (κ3) is 5.56. The number of thiazole rings is 1. The molecule has 1 unspecified atom stereocenters. The van der Waals surface area contributed by atoms with E-state index in [4.69, 9.17) is 5.11 Å². The van der Waals surface area contributed by atoms with Crippen LogP contribution in [0.5, 0.6) is 0 Å². The fraction of sp³-hybridized carbons (Fsp3) is 0.615. The van der Waals surface area contributed by atoms with Gasteiger partial charge in [-0.2, -0.15) is 0 Å². The Kier molecular flexibility index (Phi) is 6.44. The van der Waals surface area contributed by atoms with E-state index in [9.17, 15) is 9.59 Å². The largest absolute Gasteiger partial charge is 0.481 e. The van der Waals surface area contributed by atoms with Crippen LogP contribution >= 0.6 is 11.3 Å². The molecular weight excluding hydrogens is 278 g/mol. The summed E-state index contributed by atoms with van der Waals surface area (Å²) in [5.74, 6) is -0.813. The minimum Gasteiger partial charge on any atom is -0.481 e. The summed E-state index contributed by atoms with van der Waals surface area (Å²) in [6.45, 7) is 5.86. The number of aryl methyl sites for hydroxylation is 2. The van der Waals surface area contributed by atoms with Gasteiger partial charge in [0, 0.05) is 17.3 Å². The molecule has 3 N–H and O–H groups in total. The minimum absolute atomic E-state index is 0.0685. The normalized spacial score (nSPS) is 11.9. The number of carboxylic acid groups (broad SMARTS) is 1. The maximum Gasteiger partial charge on any atom is 0.321 e. The lowest BCUT2D eigenvalue weighted by Crippen LogP contribution is -2.36. The minimum atomic E-state index is -0.813. The fourth-order valence-electron chi connectivity index (χ4n) is 1.80. The number of anilines is 1. The topological polar surface area (TPSA) is 91.3 Å². The molecule has 1 aromatic rings. The number of aliphatic carboxylic acids is 1. The summed E-state index contributed by atoms with van der Waals surface area (Å²) in [6, 6.07) is -0.370. The Morgan fingerprint density at radius 3 is 2.70 bits per heavy atom. The second-order valence-electron chi connectivity index (χ2n) is 4.66. The van der Waals surface area contributed by atoms with Crippen LogP contribution in [-0.4, -0.2) is 28.1 Å². The van der Waals surface area contributed by atoms with Crippen molar-refractivity contribution >= 4 is 28.5 Å². The van der Waals surface area contributed by atoms with Crippen LogP contribution < -0.4 is 10.6 Å². The van der Waals surface area contributed by atoms with Gasteiger partial charge in [-0.25, -0.2) is 9.78 Å². The Morgan fingerprint density at radius 1 is 1.45 bits per heavy atom. The van der Waals surface area contributed by atoms with Gasteiger partial charge in [-0.3, -0.25) is 10.1 Å². The van der Waals surface area contributed by atoms with E-state index in [1.54, 1.807) is 0 Å². The molecule has 1 rings (SSSR count). The van der Waals surface area contributed by atoms with Crippen molar-refractivity contribution in [2.24, 2.45) is 0 Å². The van der Waals surface area contributed by atoms with Crippen molar-refractivity contribution in [3.63, 3.8) is 0 Å². The molecule has 20 heavy (non-hydrogen) atoms. The molecule has 7 heteroatoms. The number of hydrogen-bond acceptors (Lipinski definition) is 4. The molecule has 0 bridgehead atoms. The summed E-state index contributed by atoms with van der Waals surface area (Å²) in [6.07, 6.45) is 2.15. The van der Waals surface area contributed by atoms with E-state index in [0.29, 0.717) is 18.0 Å². The lowest BCUT2D eigenvalue weighted by molar-refractivity contribution is -0.137. The van der Waals surface area contributed by atoms with Crippen molar-refractivity contribution < 1.29 is 14.7 Å². The predicted octanol–water partition coefficient (Wildman–Crippen LogP) is 2.78. The molecule has 0 aliphatic heterocycles. The quantitative estimate of drug-likeness (QED) is 0.722. The second kappa shape index (κ2) is 7.84. The van der Waals surface area contributed by atoms with E-state index < -0.39 is 5.97 Å². The van der Waals surface area contributed by atoms with E-state index >= 15 is 0 Å². The van der Waals surface area contributed by atoms with E-state index in [1.807, 2.05) is 20.8 Å². The van der Waals surface area contributed by atoms with Crippen molar-refractivity contribution in [3.05, 3.63) is 10.6 Å². The van der Waals surface area contributed by atoms with Gasteiger partial charge in [0.05, 0.1) is 5.69 Å². The van der Waals surface area contributed by atoms with Crippen LogP contribution in [0.1, 0.15) is 43.7 Å². The molecule has 1 atom stereocenters. The van der Waals surface area contributed by atoms with Gasteiger partial charge in [0.2, 0.25) is 0 Å².